The summed E-state index contributed by atoms with van der Waals surface area (Å²) in [4.78, 5) is 8.05. The summed E-state index contributed by atoms with van der Waals surface area (Å²) in [6.07, 6.45) is 0. The second-order valence-electron chi connectivity index (χ2n) is 3.68. The maximum atomic E-state index is 8.95. The molecule has 0 saturated carbocycles. The lowest BCUT2D eigenvalue weighted by Crippen LogP contribution is -2.00. The van der Waals surface area contributed by atoms with E-state index in [9.17, 15) is 0 Å². The Kier molecular flexibility index (Phi) is 3.48. The molecule has 0 saturated heterocycles. The molecule has 6 heteroatoms. The monoisotopic (exact) mass is 256 g/mol. The van der Waals surface area contributed by atoms with Crippen molar-refractivity contribution < 1.29 is 9.47 Å². The molecule has 19 heavy (non-hydrogen) atoms. The first-order valence-electron chi connectivity index (χ1n) is 5.45. The highest BCUT2D eigenvalue weighted by atomic mass is 16.5. The Hall–Kier alpha value is -2.81. The summed E-state index contributed by atoms with van der Waals surface area (Å²) in [5.74, 6) is 1.05. The van der Waals surface area contributed by atoms with Crippen LogP contribution in [0.4, 0.5) is 5.95 Å². The zero-order valence-corrected chi connectivity index (χ0v) is 10.5. The van der Waals surface area contributed by atoms with Gasteiger partial charge >= 0.3 is 0 Å². The SMILES string of the molecule is COc1cc(-c2cc(C#N)ccc2OC)nc(N)n1. The van der Waals surface area contributed by atoms with Crippen LogP contribution in [0.5, 0.6) is 11.6 Å². The number of anilines is 1. The first-order chi connectivity index (χ1) is 9.17. The van der Waals surface area contributed by atoms with E-state index in [1.807, 2.05) is 0 Å². The van der Waals surface area contributed by atoms with Gasteiger partial charge in [0.25, 0.3) is 0 Å². The standard InChI is InChI=1S/C13H12N4O2/c1-18-11-4-3-8(7-14)5-9(11)10-6-12(19-2)17-13(15)16-10/h3-6H,1-2H3,(H2,15,16,17). The highest BCUT2D eigenvalue weighted by Crippen LogP contribution is 2.31. The minimum atomic E-state index is 0.0961. The van der Waals surface area contributed by atoms with Crippen molar-refractivity contribution in [2.75, 3.05) is 20.0 Å². The van der Waals surface area contributed by atoms with Gasteiger partial charge < -0.3 is 15.2 Å². The molecule has 1 aromatic heterocycles. The molecule has 0 aliphatic carbocycles. The highest BCUT2D eigenvalue weighted by molar-refractivity contribution is 5.70. The zero-order valence-electron chi connectivity index (χ0n) is 10.5. The van der Waals surface area contributed by atoms with Gasteiger partial charge in [0.2, 0.25) is 11.8 Å². The molecule has 96 valence electrons. The van der Waals surface area contributed by atoms with Gasteiger partial charge in [-0.3, -0.25) is 0 Å². The van der Waals surface area contributed by atoms with E-state index in [-0.39, 0.29) is 5.95 Å². The molecule has 0 spiro atoms. The molecular formula is C13H12N4O2. The Bertz CT molecular complexity index is 650. The van der Waals surface area contributed by atoms with Gasteiger partial charge in [-0.2, -0.15) is 10.2 Å². The Morgan fingerprint density at radius 3 is 2.58 bits per heavy atom. The summed E-state index contributed by atoms with van der Waals surface area (Å²) in [5, 5.41) is 8.95. The third kappa shape index (κ3) is 2.55. The number of hydrogen-bond donors (Lipinski definition) is 1. The van der Waals surface area contributed by atoms with Crippen LogP contribution in [0.2, 0.25) is 0 Å². The summed E-state index contributed by atoms with van der Waals surface area (Å²) in [6, 6.07) is 8.76. The average Bonchev–Trinajstić information content (AvgIpc) is 2.45. The van der Waals surface area contributed by atoms with Crippen LogP contribution >= 0.6 is 0 Å². The topological polar surface area (TPSA) is 94.0 Å². The predicted octanol–water partition coefficient (Wildman–Crippen LogP) is 1.61. The van der Waals surface area contributed by atoms with E-state index >= 15 is 0 Å². The smallest absolute Gasteiger partial charge is 0.223 e. The van der Waals surface area contributed by atoms with Crippen molar-refractivity contribution in [2.45, 2.75) is 0 Å². The molecule has 0 unspecified atom stereocenters. The minimum Gasteiger partial charge on any atom is -0.496 e. The van der Waals surface area contributed by atoms with Gasteiger partial charge in [-0.25, -0.2) is 4.98 Å². The molecule has 0 fully saturated rings. The van der Waals surface area contributed by atoms with Crippen molar-refractivity contribution in [3.8, 4) is 29.0 Å². The summed E-state index contributed by atoms with van der Waals surface area (Å²) < 4.78 is 10.3. The van der Waals surface area contributed by atoms with Gasteiger partial charge in [-0.05, 0) is 18.2 Å². The maximum absolute atomic E-state index is 8.95. The summed E-state index contributed by atoms with van der Waals surface area (Å²) in [5.41, 5.74) is 7.33. The highest BCUT2D eigenvalue weighted by Gasteiger charge is 2.11. The van der Waals surface area contributed by atoms with E-state index in [0.29, 0.717) is 28.5 Å². The molecular weight excluding hydrogens is 244 g/mol. The molecule has 0 amide bonds. The third-order valence-electron chi connectivity index (χ3n) is 2.53. The van der Waals surface area contributed by atoms with E-state index in [2.05, 4.69) is 16.0 Å². The van der Waals surface area contributed by atoms with E-state index in [0.717, 1.165) is 0 Å². The van der Waals surface area contributed by atoms with E-state index in [4.69, 9.17) is 20.5 Å². The number of nitriles is 1. The Morgan fingerprint density at radius 1 is 1.16 bits per heavy atom. The van der Waals surface area contributed by atoms with Crippen LogP contribution in [0.3, 0.4) is 0 Å². The summed E-state index contributed by atoms with van der Waals surface area (Å²) in [6.45, 7) is 0. The first kappa shape index (κ1) is 12.6. The van der Waals surface area contributed by atoms with Gasteiger partial charge in [0.05, 0.1) is 31.5 Å². The van der Waals surface area contributed by atoms with Crippen molar-refractivity contribution in [1.29, 1.82) is 5.26 Å². The maximum Gasteiger partial charge on any atom is 0.223 e. The largest absolute Gasteiger partial charge is 0.496 e. The predicted molar refractivity (Wildman–Crippen MR) is 69.7 cm³/mol. The molecule has 0 aliphatic heterocycles. The van der Waals surface area contributed by atoms with E-state index in [1.165, 1.54) is 7.11 Å². The van der Waals surface area contributed by atoms with Crippen molar-refractivity contribution in [1.82, 2.24) is 9.97 Å². The Labute approximate surface area is 110 Å². The zero-order chi connectivity index (χ0) is 13.8. The number of nitrogen functional groups attached to an aromatic ring is 1. The Morgan fingerprint density at radius 2 is 1.95 bits per heavy atom. The van der Waals surface area contributed by atoms with Gasteiger partial charge in [0, 0.05) is 11.6 Å². The normalized spacial score (nSPS) is 9.74. The number of ether oxygens (including phenoxy) is 2. The van der Waals surface area contributed by atoms with Crippen LogP contribution < -0.4 is 15.2 Å². The van der Waals surface area contributed by atoms with Crippen molar-refractivity contribution in [3.63, 3.8) is 0 Å². The van der Waals surface area contributed by atoms with Crippen molar-refractivity contribution in [3.05, 3.63) is 29.8 Å². The lowest BCUT2D eigenvalue weighted by atomic mass is 10.1. The van der Waals surface area contributed by atoms with Gasteiger partial charge in [-0.1, -0.05) is 0 Å². The minimum absolute atomic E-state index is 0.0961. The van der Waals surface area contributed by atoms with Crippen LogP contribution in [-0.2, 0) is 0 Å². The second kappa shape index (κ2) is 5.23. The Balaban J connectivity index is 2.63. The van der Waals surface area contributed by atoms with Crippen LogP contribution in [0.1, 0.15) is 5.56 Å². The molecule has 1 aromatic carbocycles. The second-order valence-corrected chi connectivity index (χ2v) is 3.68. The first-order valence-corrected chi connectivity index (χ1v) is 5.45. The average molecular weight is 256 g/mol. The van der Waals surface area contributed by atoms with E-state index < -0.39 is 0 Å². The lowest BCUT2D eigenvalue weighted by molar-refractivity contribution is 0.397. The van der Waals surface area contributed by atoms with Crippen LogP contribution in [-0.4, -0.2) is 24.2 Å². The van der Waals surface area contributed by atoms with Gasteiger partial charge in [-0.15, -0.1) is 0 Å². The third-order valence-corrected chi connectivity index (χ3v) is 2.53. The number of rotatable bonds is 3. The van der Waals surface area contributed by atoms with E-state index in [1.54, 1.807) is 31.4 Å². The molecule has 0 radical (unpaired) electrons. The quantitative estimate of drug-likeness (QED) is 0.896. The lowest BCUT2D eigenvalue weighted by Gasteiger charge is -2.09. The molecule has 0 bridgehead atoms. The van der Waals surface area contributed by atoms with Crippen LogP contribution in [0.25, 0.3) is 11.3 Å². The number of aromatic nitrogens is 2. The molecule has 2 aromatic rings. The van der Waals surface area contributed by atoms with Crippen molar-refractivity contribution in [2.24, 2.45) is 0 Å². The molecule has 1 heterocycles. The number of methoxy groups -OCH3 is 2. The molecule has 0 atom stereocenters. The number of hydrogen-bond acceptors (Lipinski definition) is 6. The van der Waals surface area contributed by atoms with Crippen LogP contribution in [0.15, 0.2) is 24.3 Å². The van der Waals surface area contributed by atoms with Crippen LogP contribution in [0, 0.1) is 11.3 Å². The fourth-order valence-corrected chi connectivity index (χ4v) is 1.66. The summed E-state index contributed by atoms with van der Waals surface area (Å²) in [7, 11) is 3.04. The summed E-state index contributed by atoms with van der Waals surface area (Å²) >= 11 is 0. The fraction of sp³-hybridized carbons (Fsp3) is 0.154. The number of benzene rings is 1. The number of nitrogens with two attached hydrogens (primary N) is 1. The van der Waals surface area contributed by atoms with Gasteiger partial charge in [0.15, 0.2) is 0 Å². The number of nitrogens with zero attached hydrogens (tertiary/aromatic N) is 3. The van der Waals surface area contributed by atoms with Gasteiger partial charge in [0.1, 0.15) is 5.75 Å². The molecule has 2 rings (SSSR count). The van der Waals surface area contributed by atoms with Crippen molar-refractivity contribution >= 4 is 5.95 Å². The molecule has 0 aliphatic rings. The molecule has 6 nitrogen and oxygen atoms in total. The fourth-order valence-electron chi connectivity index (χ4n) is 1.66. The molecule has 2 N–H and O–H groups in total.